The van der Waals surface area contributed by atoms with E-state index < -0.39 is 0 Å². The van der Waals surface area contributed by atoms with Gasteiger partial charge < -0.3 is 9.80 Å². The molecule has 2 heterocycles. The Morgan fingerprint density at radius 1 is 1.18 bits per heavy atom. The maximum Gasteiger partial charge on any atom is 0.227 e. The number of hydrogen-bond acceptors (Lipinski definition) is 4. The van der Waals surface area contributed by atoms with Gasteiger partial charge in [-0.2, -0.15) is 0 Å². The number of aromatic nitrogens is 2. The van der Waals surface area contributed by atoms with Crippen molar-refractivity contribution in [3.63, 3.8) is 0 Å². The normalized spacial score (nSPS) is 15.0. The second-order valence-electron chi connectivity index (χ2n) is 5.60. The van der Waals surface area contributed by atoms with Crippen LogP contribution in [0.2, 0.25) is 0 Å². The molecule has 5 heteroatoms. The second-order valence-corrected chi connectivity index (χ2v) is 5.60. The van der Waals surface area contributed by atoms with Gasteiger partial charge >= 0.3 is 0 Å². The third-order valence-corrected chi connectivity index (χ3v) is 3.94. The predicted octanol–water partition coefficient (Wildman–Crippen LogP) is 1.68. The molecular weight excluding hydrogens is 276 g/mol. The van der Waals surface area contributed by atoms with Crippen LogP contribution >= 0.6 is 0 Å². The van der Waals surface area contributed by atoms with Gasteiger partial charge in [0.1, 0.15) is 5.82 Å². The quantitative estimate of drug-likeness (QED) is 0.864. The molecule has 5 nitrogen and oxygen atoms in total. The minimum atomic E-state index is 0.199. The highest BCUT2D eigenvalue weighted by Gasteiger charge is 2.21. The highest BCUT2D eigenvalue weighted by Crippen LogP contribution is 2.13. The molecule has 0 saturated carbocycles. The first-order valence-electron chi connectivity index (χ1n) is 7.56. The van der Waals surface area contributed by atoms with E-state index in [2.05, 4.69) is 20.9 Å². The zero-order valence-corrected chi connectivity index (χ0v) is 12.8. The molecule has 0 unspecified atom stereocenters. The van der Waals surface area contributed by atoms with Crippen LogP contribution in [-0.4, -0.2) is 47.0 Å². The third kappa shape index (κ3) is 3.42. The highest BCUT2D eigenvalue weighted by molar-refractivity contribution is 5.79. The summed E-state index contributed by atoms with van der Waals surface area (Å²) in [6, 6.07) is 8.14. The van der Waals surface area contributed by atoms with E-state index in [1.54, 1.807) is 18.6 Å². The molecule has 0 atom stereocenters. The van der Waals surface area contributed by atoms with Gasteiger partial charge in [-0.1, -0.05) is 29.8 Å². The largest absolute Gasteiger partial charge is 0.352 e. The Labute approximate surface area is 130 Å². The average Bonchev–Trinajstić information content (AvgIpc) is 2.56. The molecule has 0 bridgehead atoms. The lowest BCUT2D eigenvalue weighted by Gasteiger charge is -2.35. The van der Waals surface area contributed by atoms with Gasteiger partial charge in [-0.15, -0.1) is 0 Å². The number of carbonyl (C=O) groups excluding carboxylic acids is 1. The first-order valence-corrected chi connectivity index (χ1v) is 7.56. The number of piperazine rings is 1. The average molecular weight is 296 g/mol. The van der Waals surface area contributed by atoms with Gasteiger partial charge in [0.05, 0.1) is 12.6 Å². The summed E-state index contributed by atoms with van der Waals surface area (Å²) < 4.78 is 0. The molecule has 1 aromatic carbocycles. The standard InChI is InChI=1S/C17H20N4O/c1-14-3-2-4-15(11-14)12-17(22)21-9-7-20(8-10-21)16-13-18-5-6-19-16/h2-6,11,13H,7-10,12H2,1H3. The van der Waals surface area contributed by atoms with E-state index in [1.165, 1.54) is 5.56 Å². The molecule has 0 aliphatic carbocycles. The van der Waals surface area contributed by atoms with Crippen LogP contribution in [0.4, 0.5) is 5.82 Å². The fourth-order valence-electron chi connectivity index (χ4n) is 2.75. The van der Waals surface area contributed by atoms with Crippen LogP contribution in [0.25, 0.3) is 0 Å². The molecule has 1 saturated heterocycles. The lowest BCUT2D eigenvalue weighted by molar-refractivity contribution is -0.130. The summed E-state index contributed by atoms with van der Waals surface area (Å²) in [5.41, 5.74) is 2.28. The van der Waals surface area contributed by atoms with Gasteiger partial charge in [0.25, 0.3) is 0 Å². The number of aryl methyl sites for hydroxylation is 1. The Morgan fingerprint density at radius 2 is 2.00 bits per heavy atom. The number of anilines is 1. The van der Waals surface area contributed by atoms with E-state index >= 15 is 0 Å². The number of amides is 1. The Kier molecular flexibility index (Phi) is 4.32. The number of hydrogen-bond donors (Lipinski definition) is 0. The number of rotatable bonds is 3. The second kappa shape index (κ2) is 6.56. The van der Waals surface area contributed by atoms with Crippen molar-refractivity contribution in [1.82, 2.24) is 14.9 Å². The first-order chi connectivity index (χ1) is 10.7. The molecule has 2 aromatic rings. The smallest absolute Gasteiger partial charge is 0.227 e. The molecular formula is C17H20N4O. The highest BCUT2D eigenvalue weighted by atomic mass is 16.2. The Hall–Kier alpha value is -2.43. The van der Waals surface area contributed by atoms with Crippen LogP contribution in [0.5, 0.6) is 0 Å². The summed E-state index contributed by atoms with van der Waals surface area (Å²) in [4.78, 5) is 24.9. The third-order valence-electron chi connectivity index (χ3n) is 3.94. The van der Waals surface area contributed by atoms with Crippen LogP contribution in [0.15, 0.2) is 42.9 Å². The predicted molar refractivity (Wildman–Crippen MR) is 85.7 cm³/mol. The van der Waals surface area contributed by atoms with Crippen molar-refractivity contribution < 1.29 is 4.79 Å². The summed E-state index contributed by atoms with van der Waals surface area (Å²) in [5, 5.41) is 0. The van der Waals surface area contributed by atoms with Crippen LogP contribution < -0.4 is 4.90 Å². The number of nitrogens with zero attached hydrogens (tertiary/aromatic N) is 4. The molecule has 3 rings (SSSR count). The lowest BCUT2D eigenvalue weighted by Crippen LogP contribution is -2.49. The van der Waals surface area contributed by atoms with Crippen molar-refractivity contribution >= 4 is 11.7 Å². The Balaban J connectivity index is 1.56. The SMILES string of the molecule is Cc1cccc(CC(=O)N2CCN(c3cnccn3)CC2)c1. The van der Waals surface area contributed by atoms with Crippen LogP contribution in [0.3, 0.4) is 0 Å². The molecule has 0 spiro atoms. The van der Waals surface area contributed by atoms with E-state index in [0.717, 1.165) is 37.6 Å². The van der Waals surface area contributed by atoms with Crippen molar-refractivity contribution in [2.24, 2.45) is 0 Å². The maximum absolute atomic E-state index is 12.4. The van der Waals surface area contributed by atoms with Crippen molar-refractivity contribution in [3.8, 4) is 0 Å². The molecule has 1 aromatic heterocycles. The van der Waals surface area contributed by atoms with Crippen molar-refractivity contribution in [3.05, 3.63) is 54.0 Å². The summed E-state index contributed by atoms with van der Waals surface area (Å²) in [5.74, 6) is 1.08. The van der Waals surface area contributed by atoms with Crippen LogP contribution in [0, 0.1) is 6.92 Å². The number of benzene rings is 1. The fraction of sp³-hybridized carbons (Fsp3) is 0.353. The first kappa shape index (κ1) is 14.5. The van der Waals surface area contributed by atoms with E-state index in [0.29, 0.717) is 6.42 Å². The topological polar surface area (TPSA) is 49.3 Å². The maximum atomic E-state index is 12.4. The van der Waals surface area contributed by atoms with Gasteiger partial charge in [-0.3, -0.25) is 9.78 Å². The van der Waals surface area contributed by atoms with E-state index in [9.17, 15) is 4.79 Å². The molecule has 0 radical (unpaired) electrons. The van der Waals surface area contributed by atoms with Gasteiger partial charge in [-0.05, 0) is 12.5 Å². The van der Waals surface area contributed by atoms with Gasteiger partial charge in [0.2, 0.25) is 5.91 Å². The zero-order valence-electron chi connectivity index (χ0n) is 12.8. The summed E-state index contributed by atoms with van der Waals surface area (Å²) in [6.07, 6.45) is 5.62. The van der Waals surface area contributed by atoms with Crippen molar-refractivity contribution in [2.75, 3.05) is 31.1 Å². The minimum Gasteiger partial charge on any atom is -0.352 e. The van der Waals surface area contributed by atoms with E-state index in [-0.39, 0.29) is 5.91 Å². The van der Waals surface area contributed by atoms with Crippen molar-refractivity contribution in [1.29, 1.82) is 0 Å². The monoisotopic (exact) mass is 296 g/mol. The van der Waals surface area contributed by atoms with Gasteiger partial charge in [0, 0.05) is 38.6 Å². The minimum absolute atomic E-state index is 0.199. The van der Waals surface area contributed by atoms with Gasteiger partial charge in [-0.25, -0.2) is 4.98 Å². The number of carbonyl (C=O) groups is 1. The van der Waals surface area contributed by atoms with Crippen LogP contribution in [0.1, 0.15) is 11.1 Å². The molecule has 0 N–H and O–H groups in total. The fourth-order valence-corrected chi connectivity index (χ4v) is 2.75. The molecule has 1 aliphatic rings. The Morgan fingerprint density at radius 3 is 2.68 bits per heavy atom. The molecule has 1 amide bonds. The zero-order chi connectivity index (χ0) is 15.4. The Bertz CT molecular complexity index is 636. The van der Waals surface area contributed by atoms with E-state index in [1.807, 2.05) is 30.0 Å². The lowest BCUT2D eigenvalue weighted by atomic mass is 10.1. The molecule has 1 fully saturated rings. The molecule has 114 valence electrons. The van der Waals surface area contributed by atoms with E-state index in [4.69, 9.17) is 0 Å². The summed E-state index contributed by atoms with van der Waals surface area (Å²) in [6.45, 7) is 5.13. The summed E-state index contributed by atoms with van der Waals surface area (Å²) in [7, 11) is 0. The summed E-state index contributed by atoms with van der Waals surface area (Å²) >= 11 is 0. The molecule has 1 aliphatic heterocycles. The van der Waals surface area contributed by atoms with Gasteiger partial charge in [0.15, 0.2) is 0 Å². The molecule has 22 heavy (non-hydrogen) atoms. The van der Waals surface area contributed by atoms with Crippen LogP contribution in [-0.2, 0) is 11.2 Å². The van der Waals surface area contributed by atoms with Crippen molar-refractivity contribution in [2.45, 2.75) is 13.3 Å².